The summed E-state index contributed by atoms with van der Waals surface area (Å²) < 4.78 is 31.4. The monoisotopic (exact) mass is 333 g/mol. The van der Waals surface area contributed by atoms with Gasteiger partial charge in [-0.15, -0.1) is 0 Å². The van der Waals surface area contributed by atoms with Gasteiger partial charge < -0.3 is 4.74 Å². The first kappa shape index (κ1) is 14.3. The molecule has 0 aliphatic heterocycles. The number of hydrogen-bond donors (Lipinski definition) is 2. The van der Waals surface area contributed by atoms with Crippen LogP contribution in [0.5, 0.6) is 0 Å². The molecule has 1 aromatic rings. The van der Waals surface area contributed by atoms with E-state index in [1.54, 1.807) is 10.8 Å². The number of nitrogens with zero attached hydrogens (tertiary/aromatic N) is 1. The fourth-order valence-electron chi connectivity index (χ4n) is 1.02. The van der Waals surface area contributed by atoms with Crippen LogP contribution in [0.15, 0.2) is 22.7 Å². The van der Waals surface area contributed by atoms with E-state index < -0.39 is 16.3 Å². The number of carbonyl (C=O) groups excluding carboxylic acids is 1. The molecule has 96 valence electrons. The molecule has 1 amide bonds. The molecule has 0 aromatic heterocycles. The number of rotatable bonds is 3. The van der Waals surface area contributed by atoms with Gasteiger partial charge in [0.05, 0.1) is 18.4 Å². The summed E-state index contributed by atoms with van der Waals surface area (Å²) in [4.78, 5) is 10.8. The molecule has 0 spiro atoms. The predicted octanol–water partition coefficient (Wildman–Crippen LogP) is 1.33. The van der Waals surface area contributed by atoms with Gasteiger partial charge in [-0.1, -0.05) is 15.9 Å². The van der Waals surface area contributed by atoms with Gasteiger partial charge in [-0.2, -0.15) is 13.7 Å². The quantitative estimate of drug-likeness (QED) is 0.867. The number of nitriles is 1. The summed E-state index contributed by atoms with van der Waals surface area (Å²) in [7, 11) is -3.11. The maximum absolute atomic E-state index is 11.5. The van der Waals surface area contributed by atoms with Crippen LogP contribution in [0.3, 0.4) is 0 Å². The van der Waals surface area contributed by atoms with Crippen molar-refractivity contribution in [3.63, 3.8) is 0 Å². The number of amides is 1. The number of hydrogen-bond acceptors (Lipinski definition) is 5. The van der Waals surface area contributed by atoms with Crippen molar-refractivity contribution < 1.29 is 17.9 Å². The van der Waals surface area contributed by atoms with Gasteiger partial charge >= 0.3 is 16.3 Å². The van der Waals surface area contributed by atoms with E-state index in [0.717, 1.165) is 7.11 Å². The van der Waals surface area contributed by atoms with E-state index in [9.17, 15) is 13.2 Å². The Balaban J connectivity index is 3.01. The van der Waals surface area contributed by atoms with Crippen LogP contribution in [0.4, 0.5) is 10.5 Å². The van der Waals surface area contributed by atoms with Crippen molar-refractivity contribution in [3.8, 4) is 6.07 Å². The van der Waals surface area contributed by atoms with Crippen molar-refractivity contribution in [2.24, 2.45) is 0 Å². The van der Waals surface area contributed by atoms with E-state index in [1.807, 2.05) is 6.07 Å². The van der Waals surface area contributed by atoms with Gasteiger partial charge in [0.15, 0.2) is 0 Å². The summed E-state index contributed by atoms with van der Waals surface area (Å²) in [6.07, 6.45) is -1.13. The standard InChI is InChI=1S/C9H8BrN3O4S/c1-17-9(14)13-18(15,16)12-8-4-7(10)3-2-6(8)5-11/h2-4,12H,1H3,(H,13,14). The Morgan fingerprint density at radius 1 is 1.50 bits per heavy atom. The van der Waals surface area contributed by atoms with Gasteiger partial charge in [0.2, 0.25) is 0 Å². The molecule has 0 bridgehead atoms. The number of methoxy groups -OCH3 is 1. The number of benzene rings is 1. The van der Waals surface area contributed by atoms with Gasteiger partial charge in [0, 0.05) is 4.47 Å². The van der Waals surface area contributed by atoms with Crippen LogP contribution in [-0.4, -0.2) is 21.6 Å². The molecule has 0 aliphatic carbocycles. The first-order valence-electron chi connectivity index (χ1n) is 4.46. The fraction of sp³-hybridized carbons (Fsp3) is 0.111. The number of ether oxygens (including phenoxy) is 1. The van der Waals surface area contributed by atoms with E-state index in [0.29, 0.717) is 4.47 Å². The Hall–Kier alpha value is -1.79. The average Bonchev–Trinajstić information content (AvgIpc) is 2.28. The van der Waals surface area contributed by atoms with Crippen molar-refractivity contribution >= 4 is 37.9 Å². The third-order valence-corrected chi connectivity index (χ3v) is 3.17. The molecule has 0 unspecified atom stereocenters. The molecule has 7 nitrogen and oxygen atoms in total. The van der Waals surface area contributed by atoms with Crippen LogP contribution in [0.25, 0.3) is 0 Å². The Bertz CT molecular complexity index is 609. The van der Waals surface area contributed by atoms with Gasteiger partial charge in [-0.05, 0) is 18.2 Å². The molecule has 0 fully saturated rings. The average molecular weight is 334 g/mol. The topological polar surface area (TPSA) is 108 Å². The lowest BCUT2D eigenvalue weighted by atomic mass is 10.2. The summed E-state index contributed by atoms with van der Waals surface area (Å²) >= 11 is 3.14. The first-order valence-corrected chi connectivity index (χ1v) is 6.73. The number of carbonyl (C=O) groups is 1. The second-order valence-electron chi connectivity index (χ2n) is 3.00. The number of nitrogens with one attached hydrogen (secondary N) is 2. The smallest absolute Gasteiger partial charge is 0.422 e. The molecule has 9 heteroatoms. The van der Waals surface area contributed by atoms with E-state index in [4.69, 9.17) is 5.26 Å². The van der Waals surface area contributed by atoms with Crippen molar-refractivity contribution in [1.29, 1.82) is 5.26 Å². The minimum atomic E-state index is -4.14. The lowest BCUT2D eigenvalue weighted by molar-refractivity contribution is 0.177. The third kappa shape index (κ3) is 3.90. The highest BCUT2D eigenvalue weighted by atomic mass is 79.9. The van der Waals surface area contributed by atoms with Gasteiger partial charge in [-0.25, -0.2) is 9.52 Å². The van der Waals surface area contributed by atoms with E-state index >= 15 is 0 Å². The number of halogens is 1. The normalized spacial score (nSPS) is 10.3. The second kappa shape index (κ2) is 5.70. The number of anilines is 1. The van der Waals surface area contributed by atoms with Crippen LogP contribution in [0.1, 0.15) is 5.56 Å². The minimum absolute atomic E-state index is 0.0447. The summed E-state index contributed by atoms with van der Waals surface area (Å²) in [5, 5.41) is 8.82. The molecule has 1 aromatic carbocycles. The van der Waals surface area contributed by atoms with Crippen molar-refractivity contribution in [3.05, 3.63) is 28.2 Å². The predicted molar refractivity (Wildman–Crippen MR) is 66.9 cm³/mol. The van der Waals surface area contributed by atoms with E-state index in [2.05, 4.69) is 25.4 Å². The highest BCUT2D eigenvalue weighted by Crippen LogP contribution is 2.21. The fourth-order valence-corrected chi connectivity index (χ4v) is 2.19. The van der Waals surface area contributed by atoms with Crippen LogP contribution in [0, 0.1) is 11.3 Å². The van der Waals surface area contributed by atoms with E-state index in [-0.39, 0.29) is 11.3 Å². The molecular weight excluding hydrogens is 326 g/mol. The van der Waals surface area contributed by atoms with Crippen molar-refractivity contribution in [1.82, 2.24) is 4.72 Å². The zero-order valence-electron chi connectivity index (χ0n) is 9.10. The molecule has 0 saturated carbocycles. The zero-order chi connectivity index (χ0) is 13.8. The molecular formula is C9H8BrN3O4S. The maximum Gasteiger partial charge on any atom is 0.422 e. The third-order valence-electron chi connectivity index (χ3n) is 1.75. The summed E-state index contributed by atoms with van der Waals surface area (Å²) in [5.74, 6) is 0. The Labute approximate surface area is 112 Å². The van der Waals surface area contributed by atoms with Crippen LogP contribution < -0.4 is 9.44 Å². The molecule has 0 heterocycles. The SMILES string of the molecule is COC(=O)NS(=O)(=O)Nc1cc(Br)ccc1C#N. The molecule has 18 heavy (non-hydrogen) atoms. The molecule has 0 aliphatic rings. The van der Waals surface area contributed by atoms with Gasteiger partial charge in [-0.3, -0.25) is 4.72 Å². The van der Waals surface area contributed by atoms with Crippen LogP contribution >= 0.6 is 15.9 Å². The maximum atomic E-state index is 11.5. The van der Waals surface area contributed by atoms with Crippen LogP contribution in [0.2, 0.25) is 0 Å². The van der Waals surface area contributed by atoms with Gasteiger partial charge in [0.1, 0.15) is 6.07 Å². The lowest BCUT2D eigenvalue weighted by Crippen LogP contribution is -2.35. The minimum Gasteiger partial charge on any atom is -0.452 e. The molecule has 2 N–H and O–H groups in total. The van der Waals surface area contributed by atoms with Crippen molar-refractivity contribution in [2.45, 2.75) is 0 Å². The zero-order valence-corrected chi connectivity index (χ0v) is 11.5. The summed E-state index contributed by atoms with van der Waals surface area (Å²) in [5.41, 5.74) is 0.164. The van der Waals surface area contributed by atoms with E-state index in [1.165, 1.54) is 12.1 Å². The Morgan fingerprint density at radius 2 is 2.17 bits per heavy atom. The molecule has 0 atom stereocenters. The van der Waals surface area contributed by atoms with Crippen LogP contribution in [-0.2, 0) is 14.9 Å². The first-order chi connectivity index (χ1) is 8.38. The Morgan fingerprint density at radius 3 is 2.72 bits per heavy atom. The summed E-state index contributed by atoms with van der Waals surface area (Å²) in [6.45, 7) is 0. The summed E-state index contributed by atoms with van der Waals surface area (Å²) in [6, 6.07) is 6.24. The lowest BCUT2D eigenvalue weighted by Gasteiger charge is -2.09. The molecule has 0 saturated heterocycles. The van der Waals surface area contributed by atoms with Crippen molar-refractivity contribution in [2.75, 3.05) is 11.8 Å². The molecule has 1 rings (SSSR count). The Kier molecular flexibility index (Phi) is 4.52. The highest BCUT2D eigenvalue weighted by molar-refractivity contribution is 9.10. The molecule has 0 radical (unpaired) electrons. The largest absolute Gasteiger partial charge is 0.452 e. The highest BCUT2D eigenvalue weighted by Gasteiger charge is 2.16. The second-order valence-corrected chi connectivity index (χ2v) is 5.33. The van der Waals surface area contributed by atoms with Gasteiger partial charge in [0.25, 0.3) is 0 Å².